The SMILES string of the molecule is CC1(C)Cc2cc(NC(=O)/C(=C/N)c3ncc(C(N)=O)cn3)c(N3CCOCC3)cc2O1. The highest BCUT2D eigenvalue weighted by molar-refractivity contribution is 6.24. The molecule has 2 aliphatic rings. The second-order valence-electron chi connectivity index (χ2n) is 8.31. The fraction of sp³-hybridized carbons (Fsp3) is 0.364. The first-order valence-corrected chi connectivity index (χ1v) is 10.3. The van der Waals surface area contributed by atoms with E-state index in [0.29, 0.717) is 32.0 Å². The van der Waals surface area contributed by atoms with Crippen LogP contribution in [0.3, 0.4) is 0 Å². The molecule has 4 rings (SSSR count). The van der Waals surface area contributed by atoms with Gasteiger partial charge in [0.2, 0.25) is 0 Å². The third-order valence-corrected chi connectivity index (χ3v) is 5.37. The smallest absolute Gasteiger partial charge is 0.261 e. The molecule has 0 saturated carbocycles. The molecule has 1 aromatic carbocycles. The van der Waals surface area contributed by atoms with Crippen molar-refractivity contribution in [2.75, 3.05) is 36.5 Å². The van der Waals surface area contributed by atoms with Crippen molar-refractivity contribution in [1.29, 1.82) is 0 Å². The highest BCUT2D eigenvalue weighted by Crippen LogP contribution is 2.42. The first-order valence-electron chi connectivity index (χ1n) is 10.3. The summed E-state index contributed by atoms with van der Waals surface area (Å²) in [6.07, 6.45) is 4.39. The van der Waals surface area contributed by atoms with E-state index in [2.05, 4.69) is 20.2 Å². The van der Waals surface area contributed by atoms with Crippen LogP contribution in [0.5, 0.6) is 5.75 Å². The van der Waals surface area contributed by atoms with Gasteiger partial charge in [-0.25, -0.2) is 9.97 Å². The third-order valence-electron chi connectivity index (χ3n) is 5.37. The maximum absolute atomic E-state index is 13.1. The average Bonchev–Trinajstić information content (AvgIpc) is 3.07. The number of rotatable bonds is 5. The molecule has 2 aromatic rings. The zero-order valence-electron chi connectivity index (χ0n) is 18.1. The van der Waals surface area contributed by atoms with E-state index < -0.39 is 11.8 Å². The molecular formula is C22H26N6O4. The monoisotopic (exact) mass is 438 g/mol. The number of aromatic nitrogens is 2. The first kappa shape index (κ1) is 21.6. The molecule has 10 heteroatoms. The highest BCUT2D eigenvalue weighted by atomic mass is 16.5. The number of anilines is 2. The van der Waals surface area contributed by atoms with Crippen molar-refractivity contribution in [3.05, 3.63) is 47.7 Å². The number of nitrogens with one attached hydrogen (secondary N) is 1. The van der Waals surface area contributed by atoms with E-state index in [0.717, 1.165) is 29.6 Å². The van der Waals surface area contributed by atoms with Crippen LogP contribution in [0.25, 0.3) is 5.57 Å². The molecule has 0 bridgehead atoms. The second kappa shape index (κ2) is 8.46. The molecule has 3 heterocycles. The van der Waals surface area contributed by atoms with Gasteiger partial charge in [-0.15, -0.1) is 0 Å². The minimum atomic E-state index is -0.655. The van der Waals surface area contributed by atoms with Crippen molar-refractivity contribution >= 4 is 28.8 Å². The molecule has 1 aromatic heterocycles. The molecule has 1 saturated heterocycles. The second-order valence-corrected chi connectivity index (χ2v) is 8.31. The van der Waals surface area contributed by atoms with E-state index in [9.17, 15) is 9.59 Å². The normalized spacial score (nSPS) is 17.4. The Morgan fingerprint density at radius 3 is 2.50 bits per heavy atom. The molecule has 32 heavy (non-hydrogen) atoms. The summed E-state index contributed by atoms with van der Waals surface area (Å²) < 4.78 is 11.6. The maximum Gasteiger partial charge on any atom is 0.261 e. The van der Waals surface area contributed by atoms with Crippen LogP contribution < -0.4 is 26.4 Å². The minimum absolute atomic E-state index is 0.0750. The van der Waals surface area contributed by atoms with Crippen molar-refractivity contribution in [1.82, 2.24) is 9.97 Å². The van der Waals surface area contributed by atoms with Gasteiger partial charge in [-0.05, 0) is 19.9 Å². The van der Waals surface area contributed by atoms with Gasteiger partial charge in [0.1, 0.15) is 11.4 Å². The van der Waals surface area contributed by atoms with Crippen LogP contribution in [0.2, 0.25) is 0 Å². The molecule has 168 valence electrons. The zero-order valence-corrected chi connectivity index (χ0v) is 18.1. The standard InChI is InChI=1S/C22H26N6O4/c1-22(2)9-13-7-16(17(8-18(13)32-22)28-3-5-31-6-4-28)27-21(30)15(10-23)20-25-11-14(12-26-20)19(24)29/h7-8,10-12H,3-6,9,23H2,1-2H3,(H2,24,29)(H,27,30)/b15-10+. The van der Waals surface area contributed by atoms with E-state index in [1.165, 1.54) is 12.4 Å². The van der Waals surface area contributed by atoms with E-state index in [1.807, 2.05) is 26.0 Å². The Balaban J connectivity index is 1.64. The molecule has 2 aliphatic heterocycles. The van der Waals surface area contributed by atoms with Crippen LogP contribution in [0.15, 0.2) is 30.7 Å². The van der Waals surface area contributed by atoms with Gasteiger partial charge in [0.25, 0.3) is 11.8 Å². The van der Waals surface area contributed by atoms with Crippen LogP contribution >= 0.6 is 0 Å². The number of carbonyl (C=O) groups is 2. The number of amides is 2. The number of nitrogens with zero attached hydrogens (tertiary/aromatic N) is 3. The lowest BCUT2D eigenvalue weighted by molar-refractivity contribution is -0.111. The summed E-state index contributed by atoms with van der Waals surface area (Å²) in [6.45, 7) is 6.66. The summed E-state index contributed by atoms with van der Waals surface area (Å²) in [5, 5.41) is 2.95. The number of fused-ring (bicyclic) bond motifs is 1. The van der Waals surface area contributed by atoms with E-state index in [4.69, 9.17) is 20.9 Å². The summed E-state index contributed by atoms with van der Waals surface area (Å²) in [5.74, 6) is -0.215. The fourth-order valence-corrected chi connectivity index (χ4v) is 3.84. The minimum Gasteiger partial charge on any atom is -0.487 e. The number of hydrogen-bond donors (Lipinski definition) is 3. The Hall–Kier alpha value is -3.66. The molecule has 1 fully saturated rings. The number of carbonyl (C=O) groups excluding carboxylic acids is 2. The van der Waals surface area contributed by atoms with Gasteiger partial charge >= 0.3 is 0 Å². The number of hydrogen-bond acceptors (Lipinski definition) is 8. The van der Waals surface area contributed by atoms with E-state index >= 15 is 0 Å². The van der Waals surface area contributed by atoms with Gasteiger partial charge in [0, 0.05) is 49.7 Å². The first-order chi connectivity index (χ1) is 15.3. The molecule has 2 amide bonds. The molecular weight excluding hydrogens is 412 g/mol. The molecule has 5 N–H and O–H groups in total. The molecule has 0 radical (unpaired) electrons. The van der Waals surface area contributed by atoms with Gasteiger partial charge in [0.15, 0.2) is 5.82 Å². The van der Waals surface area contributed by atoms with Crippen LogP contribution in [-0.4, -0.2) is 53.7 Å². The van der Waals surface area contributed by atoms with Crippen LogP contribution in [0.4, 0.5) is 11.4 Å². The number of ether oxygens (including phenoxy) is 2. The van der Waals surface area contributed by atoms with Crippen LogP contribution in [0, 0.1) is 0 Å². The van der Waals surface area contributed by atoms with Crippen LogP contribution in [0.1, 0.15) is 35.6 Å². The molecule has 0 unspecified atom stereocenters. The summed E-state index contributed by atoms with van der Waals surface area (Å²) >= 11 is 0. The maximum atomic E-state index is 13.1. The molecule has 0 aliphatic carbocycles. The summed E-state index contributed by atoms with van der Waals surface area (Å²) in [6, 6.07) is 3.91. The lowest BCUT2D eigenvalue weighted by Gasteiger charge is -2.31. The number of nitrogens with two attached hydrogens (primary N) is 2. The Labute approximate surface area is 185 Å². The van der Waals surface area contributed by atoms with E-state index in [-0.39, 0.29) is 22.6 Å². The quantitative estimate of drug-likeness (QED) is 0.588. The topological polar surface area (TPSA) is 146 Å². The number of primary amides is 1. The van der Waals surface area contributed by atoms with E-state index in [1.54, 1.807) is 0 Å². The average molecular weight is 438 g/mol. The van der Waals surface area contributed by atoms with Crippen molar-refractivity contribution in [2.45, 2.75) is 25.9 Å². The van der Waals surface area contributed by atoms with Crippen LogP contribution in [-0.2, 0) is 16.0 Å². The molecule has 0 spiro atoms. The van der Waals surface area contributed by atoms with Gasteiger partial charge in [-0.2, -0.15) is 0 Å². The van der Waals surface area contributed by atoms with Crippen molar-refractivity contribution in [3.8, 4) is 5.75 Å². The summed E-state index contributed by atoms with van der Waals surface area (Å²) in [5.41, 5.74) is 13.4. The third kappa shape index (κ3) is 4.35. The Kier molecular flexibility index (Phi) is 5.70. The van der Waals surface area contributed by atoms with Gasteiger partial charge in [0.05, 0.1) is 35.7 Å². The molecule has 0 atom stereocenters. The lowest BCUT2D eigenvalue weighted by Crippen LogP contribution is -2.36. The predicted molar refractivity (Wildman–Crippen MR) is 119 cm³/mol. The van der Waals surface area contributed by atoms with Crippen molar-refractivity contribution in [3.63, 3.8) is 0 Å². The van der Waals surface area contributed by atoms with Gasteiger partial charge in [-0.1, -0.05) is 0 Å². The number of benzene rings is 1. The van der Waals surface area contributed by atoms with Gasteiger partial charge in [-0.3, -0.25) is 9.59 Å². The van der Waals surface area contributed by atoms with Crippen molar-refractivity contribution in [2.24, 2.45) is 11.5 Å². The molecule has 10 nitrogen and oxygen atoms in total. The Morgan fingerprint density at radius 1 is 1.19 bits per heavy atom. The predicted octanol–water partition coefficient (Wildman–Crippen LogP) is 1.06. The zero-order chi connectivity index (χ0) is 22.9. The Morgan fingerprint density at radius 2 is 1.88 bits per heavy atom. The largest absolute Gasteiger partial charge is 0.487 e. The fourth-order valence-electron chi connectivity index (χ4n) is 3.84. The summed E-state index contributed by atoms with van der Waals surface area (Å²) in [7, 11) is 0. The summed E-state index contributed by atoms with van der Waals surface area (Å²) in [4.78, 5) is 34.6. The lowest BCUT2D eigenvalue weighted by atomic mass is 10.0. The Bertz CT molecular complexity index is 1070. The van der Waals surface area contributed by atoms with Gasteiger partial charge < -0.3 is 31.2 Å². The number of morpholine rings is 1. The highest BCUT2D eigenvalue weighted by Gasteiger charge is 2.32. The van der Waals surface area contributed by atoms with Crippen molar-refractivity contribution < 1.29 is 19.1 Å².